The van der Waals surface area contributed by atoms with Gasteiger partial charge in [0.2, 0.25) is 0 Å². The maximum absolute atomic E-state index is 9.26. The van der Waals surface area contributed by atoms with Crippen molar-refractivity contribution in [2.45, 2.75) is 6.92 Å². The van der Waals surface area contributed by atoms with Crippen molar-refractivity contribution in [2.24, 2.45) is 5.41 Å². The van der Waals surface area contributed by atoms with Crippen LogP contribution in [0.4, 0.5) is 0 Å². The van der Waals surface area contributed by atoms with E-state index in [1.807, 2.05) is 13.0 Å². The van der Waals surface area contributed by atoms with Crippen LogP contribution in [0.25, 0.3) is 0 Å². The van der Waals surface area contributed by atoms with Gasteiger partial charge in [-0.05, 0) is 24.6 Å². The van der Waals surface area contributed by atoms with Crippen LogP contribution in [-0.4, -0.2) is 31.5 Å². The van der Waals surface area contributed by atoms with Crippen molar-refractivity contribution in [3.63, 3.8) is 0 Å². The highest BCUT2D eigenvalue weighted by Crippen LogP contribution is 2.29. The van der Waals surface area contributed by atoms with Crippen molar-refractivity contribution in [3.8, 4) is 11.8 Å². The highest BCUT2D eigenvalue weighted by atomic mass is 16.5. The molecule has 1 aromatic carbocycles. The Morgan fingerprint density at radius 1 is 1.53 bits per heavy atom. The summed E-state index contributed by atoms with van der Waals surface area (Å²) in [5.74, 6) is 0.567. The SMILES string of the molecule is Cc1ccc(OCC2(CO)COC2)c(C#N)c1. The van der Waals surface area contributed by atoms with Crippen LogP contribution >= 0.6 is 0 Å². The summed E-state index contributed by atoms with van der Waals surface area (Å²) in [7, 11) is 0. The summed E-state index contributed by atoms with van der Waals surface area (Å²) in [6.45, 7) is 3.37. The number of hydrogen-bond acceptors (Lipinski definition) is 4. The third-order valence-corrected chi connectivity index (χ3v) is 2.94. The second-order valence-corrected chi connectivity index (χ2v) is 4.55. The molecule has 0 spiro atoms. The third kappa shape index (κ3) is 2.41. The Morgan fingerprint density at radius 2 is 2.29 bits per heavy atom. The molecule has 0 amide bonds. The lowest BCUT2D eigenvalue weighted by molar-refractivity contribution is -0.153. The highest BCUT2D eigenvalue weighted by molar-refractivity contribution is 5.45. The average Bonchev–Trinajstić information content (AvgIpc) is 2.29. The summed E-state index contributed by atoms with van der Waals surface area (Å²) >= 11 is 0. The minimum atomic E-state index is -0.294. The van der Waals surface area contributed by atoms with Gasteiger partial charge in [0, 0.05) is 0 Å². The number of benzene rings is 1. The van der Waals surface area contributed by atoms with Crippen LogP contribution < -0.4 is 4.74 Å². The number of rotatable bonds is 4. The number of hydrogen-bond donors (Lipinski definition) is 1. The Bertz CT molecular complexity index is 441. The van der Waals surface area contributed by atoms with Gasteiger partial charge in [-0.1, -0.05) is 6.07 Å². The lowest BCUT2D eigenvalue weighted by Crippen LogP contribution is -2.49. The normalized spacial score (nSPS) is 17.0. The van der Waals surface area contributed by atoms with E-state index in [2.05, 4.69) is 6.07 Å². The summed E-state index contributed by atoms with van der Waals surface area (Å²) in [6.07, 6.45) is 0. The van der Waals surface area contributed by atoms with Crippen molar-refractivity contribution in [1.82, 2.24) is 0 Å². The van der Waals surface area contributed by atoms with E-state index >= 15 is 0 Å². The maximum Gasteiger partial charge on any atom is 0.137 e. The summed E-state index contributed by atoms with van der Waals surface area (Å²) < 4.78 is 10.7. The Balaban J connectivity index is 2.06. The highest BCUT2D eigenvalue weighted by Gasteiger charge is 2.39. The van der Waals surface area contributed by atoms with Crippen LogP contribution in [0.15, 0.2) is 18.2 Å². The molecule has 1 aliphatic heterocycles. The van der Waals surface area contributed by atoms with E-state index in [1.165, 1.54) is 0 Å². The topological polar surface area (TPSA) is 62.5 Å². The van der Waals surface area contributed by atoms with Gasteiger partial charge in [-0.3, -0.25) is 0 Å². The van der Waals surface area contributed by atoms with Crippen molar-refractivity contribution in [3.05, 3.63) is 29.3 Å². The van der Waals surface area contributed by atoms with Crippen molar-refractivity contribution < 1.29 is 14.6 Å². The predicted octanol–water partition coefficient (Wildman–Crippen LogP) is 1.25. The molecule has 1 aromatic rings. The number of aryl methyl sites for hydroxylation is 1. The fraction of sp³-hybridized carbons (Fsp3) is 0.462. The van der Waals surface area contributed by atoms with Gasteiger partial charge in [-0.2, -0.15) is 5.26 Å². The molecule has 1 saturated heterocycles. The molecule has 0 radical (unpaired) electrons. The van der Waals surface area contributed by atoms with E-state index in [-0.39, 0.29) is 12.0 Å². The third-order valence-electron chi connectivity index (χ3n) is 2.94. The quantitative estimate of drug-likeness (QED) is 0.850. The fourth-order valence-electron chi connectivity index (χ4n) is 1.70. The molecule has 2 rings (SSSR count). The largest absolute Gasteiger partial charge is 0.491 e. The van der Waals surface area contributed by atoms with Gasteiger partial charge in [0.05, 0.1) is 30.8 Å². The standard InChI is InChI=1S/C13H15NO3/c1-10-2-3-12(11(4-10)5-14)17-9-13(6-15)7-16-8-13/h2-4,15H,6-9H2,1H3. The lowest BCUT2D eigenvalue weighted by Gasteiger charge is -2.39. The second kappa shape index (κ2) is 4.74. The lowest BCUT2D eigenvalue weighted by atomic mass is 9.88. The fourth-order valence-corrected chi connectivity index (χ4v) is 1.70. The second-order valence-electron chi connectivity index (χ2n) is 4.55. The first-order chi connectivity index (χ1) is 8.19. The molecule has 0 bridgehead atoms. The van der Waals surface area contributed by atoms with Crippen LogP contribution in [0, 0.1) is 23.7 Å². The van der Waals surface area contributed by atoms with Crippen molar-refractivity contribution >= 4 is 0 Å². The Kier molecular flexibility index (Phi) is 3.32. The Labute approximate surface area is 100 Å². The number of ether oxygens (including phenoxy) is 2. The Hall–Kier alpha value is -1.57. The van der Waals surface area contributed by atoms with Gasteiger partial charge in [-0.15, -0.1) is 0 Å². The number of aliphatic hydroxyl groups is 1. The predicted molar refractivity (Wildman–Crippen MR) is 61.7 cm³/mol. The van der Waals surface area contributed by atoms with Gasteiger partial charge in [0.1, 0.15) is 18.4 Å². The van der Waals surface area contributed by atoms with E-state index in [9.17, 15) is 5.11 Å². The molecule has 0 saturated carbocycles. The monoisotopic (exact) mass is 233 g/mol. The van der Waals surface area contributed by atoms with Crippen LogP contribution in [-0.2, 0) is 4.74 Å². The van der Waals surface area contributed by atoms with Crippen LogP contribution in [0.1, 0.15) is 11.1 Å². The molecule has 4 nitrogen and oxygen atoms in total. The van der Waals surface area contributed by atoms with Gasteiger partial charge in [-0.25, -0.2) is 0 Å². The first-order valence-corrected chi connectivity index (χ1v) is 5.51. The van der Waals surface area contributed by atoms with Gasteiger partial charge < -0.3 is 14.6 Å². The Morgan fingerprint density at radius 3 is 2.82 bits per heavy atom. The molecule has 4 heteroatoms. The zero-order valence-electron chi connectivity index (χ0n) is 9.77. The number of nitriles is 1. The summed E-state index contributed by atoms with van der Waals surface area (Å²) in [4.78, 5) is 0. The maximum atomic E-state index is 9.26. The minimum Gasteiger partial charge on any atom is -0.491 e. The average molecular weight is 233 g/mol. The van der Waals surface area contributed by atoms with E-state index in [1.54, 1.807) is 12.1 Å². The molecule has 1 N–H and O–H groups in total. The molecular formula is C13H15NO3. The number of nitrogens with zero attached hydrogens (tertiary/aromatic N) is 1. The zero-order valence-corrected chi connectivity index (χ0v) is 9.77. The molecule has 0 aliphatic carbocycles. The molecule has 1 aliphatic rings. The van der Waals surface area contributed by atoms with E-state index in [0.29, 0.717) is 31.1 Å². The van der Waals surface area contributed by atoms with Gasteiger partial charge >= 0.3 is 0 Å². The smallest absolute Gasteiger partial charge is 0.137 e. The molecule has 0 atom stereocenters. The zero-order chi connectivity index (χ0) is 12.3. The molecule has 17 heavy (non-hydrogen) atoms. The van der Waals surface area contributed by atoms with Crippen molar-refractivity contribution in [1.29, 1.82) is 5.26 Å². The van der Waals surface area contributed by atoms with Crippen molar-refractivity contribution in [2.75, 3.05) is 26.4 Å². The molecule has 90 valence electrons. The number of aliphatic hydroxyl groups excluding tert-OH is 1. The summed E-state index contributed by atoms with van der Waals surface area (Å²) in [5, 5.41) is 18.3. The molecule has 1 heterocycles. The minimum absolute atomic E-state index is 0.0424. The summed E-state index contributed by atoms with van der Waals surface area (Å²) in [6, 6.07) is 7.59. The van der Waals surface area contributed by atoms with Crippen LogP contribution in [0.5, 0.6) is 5.75 Å². The van der Waals surface area contributed by atoms with Gasteiger partial charge in [0.25, 0.3) is 0 Å². The van der Waals surface area contributed by atoms with Crippen LogP contribution in [0.3, 0.4) is 0 Å². The van der Waals surface area contributed by atoms with Gasteiger partial charge in [0.15, 0.2) is 0 Å². The van der Waals surface area contributed by atoms with Crippen LogP contribution in [0.2, 0.25) is 0 Å². The molecule has 1 fully saturated rings. The van der Waals surface area contributed by atoms with E-state index < -0.39 is 0 Å². The first-order valence-electron chi connectivity index (χ1n) is 5.51. The molecule has 0 unspecified atom stereocenters. The molecule has 0 aromatic heterocycles. The van der Waals surface area contributed by atoms with E-state index in [4.69, 9.17) is 14.7 Å². The molecular weight excluding hydrogens is 218 g/mol. The first kappa shape index (κ1) is 11.9. The van der Waals surface area contributed by atoms with E-state index in [0.717, 1.165) is 5.56 Å². The summed E-state index contributed by atoms with van der Waals surface area (Å²) in [5.41, 5.74) is 1.26.